The number of hydrogen-bond donors (Lipinski definition) is 2. The van der Waals surface area contributed by atoms with Crippen molar-refractivity contribution in [2.75, 3.05) is 19.0 Å². The fraction of sp³-hybridized carbons (Fsp3) is 0.769. The molecule has 0 radical (unpaired) electrons. The minimum atomic E-state index is -0.728. The van der Waals surface area contributed by atoms with Crippen LogP contribution in [-0.4, -0.2) is 52.2 Å². The molecule has 6 nitrogen and oxygen atoms in total. The lowest BCUT2D eigenvalue weighted by Crippen LogP contribution is -2.51. The van der Waals surface area contributed by atoms with E-state index in [9.17, 15) is 9.90 Å². The Labute approximate surface area is 132 Å². The molecule has 0 saturated heterocycles. The molecular formula is C13H20N4O2S2. The van der Waals surface area contributed by atoms with Gasteiger partial charge in [0, 0.05) is 25.4 Å². The summed E-state index contributed by atoms with van der Waals surface area (Å²) in [7, 11) is 3.89. The zero-order valence-electron chi connectivity index (χ0n) is 12.2. The van der Waals surface area contributed by atoms with Crippen LogP contribution in [0.15, 0.2) is 4.34 Å². The van der Waals surface area contributed by atoms with Gasteiger partial charge in [0.25, 0.3) is 0 Å². The zero-order valence-corrected chi connectivity index (χ0v) is 13.8. The van der Waals surface area contributed by atoms with Gasteiger partial charge >= 0.3 is 5.97 Å². The van der Waals surface area contributed by atoms with Crippen LogP contribution in [0.2, 0.25) is 0 Å². The highest BCUT2D eigenvalue weighted by molar-refractivity contribution is 8.01. The van der Waals surface area contributed by atoms with Gasteiger partial charge in [-0.15, -0.1) is 10.2 Å². The Kier molecular flexibility index (Phi) is 4.11. The van der Waals surface area contributed by atoms with E-state index in [-0.39, 0.29) is 0 Å². The van der Waals surface area contributed by atoms with Gasteiger partial charge in [0.1, 0.15) is 5.54 Å². The number of carboxylic acids is 1. The summed E-state index contributed by atoms with van der Waals surface area (Å²) in [5.41, 5.74) is -0.728. The third-order valence-electron chi connectivity index (χ3n) is 3.98. The predicted molar refractivity (Wildman–Crippen MR) is 84.3 cm³/mol. The molecule has 0 aliphatic heterocycles. The largest absolute Gasteiger partial charge is 0.480 e. The van der Waals surface area contributed by atoms with E-state index in [1.54, 1.807) is 23.1 Å². The van der Waals surface area contributed by atoms with Crippen molar-refractivity contribution in [2.24, 2.45) is 0 Å². The van der Waals surface area contributed by atoms with Crippen molar-refractivity contribution in [1.82, 2.24) is 15.5 Å². The fourth-order valence-electron chi connectivity index (χ4n) is 2.68. The molecule has 21 heavy (non-hydrogen) atoms. The molecule has 1 heterocycles. The molecule has 0 bridgehead atoms. The summed E-state index contributed by atoms with van der Waals surface area (Å²) < 4.78 is 0.927. The molecule has 3 rings (SSSR count). The third-order valence-corrected chi connectivity index (χ3v) is 6.43. The minimum Gasteiger partial charge on any atom is -0.480 e. The van der Waals surface area contributed by atoms with Crippen LogP contribution in [0.4, 0.5) is 5.13 Å². The van der Waals surface area contributed by atoms with Gasteiger partial charge in [0.2, 0.25) is 5.13 Å². The second-order valence-corrected chi connectivity index (χ2v) is 8.54. The van der Waals surface area contributed by atoms with Crippen molar-refractivity contribution in [3.8, 4) is 0 Å². The van der Waals surface area contributed by atoms with E-state index in [1.807, 2.05) is 19.0 Å². The van der Waals surface area contributed by atoms with Crippen LogP contribution >= 0.6 is 23.1 Å². The monoisotopic (exact) mass is 328 g/mol. The topological polar surface area (TPSA) is 78.4 Å². The Bertz CT molecular complexity index is 532. The summed E-state index contributed by atoms with van der Waals surface area (Å²) in [5, 5.41) is 22.5. The summed E-state index contributed by atoms with van der Waals surface area (Å²) in [6, 6.07) is 0.409. The maximum atomic E-state index is 11.7. The first kappa shape index (κ1) is 15.1. The number of carboxylic acid groups (broad SMARTS) is 1. The number of aliphatic carboxylic acids is 1. The first-order valence-corrected chi connectivity index (χ1v) is 8.87. The number of carbonyl (C=O) groups is 1. The quantitative estimate of drug-likeness (QED) is 0.824. The fourth-order valence-corrected chi connectivity index (χ4v) is 4.98. The van der Waals surface area contributed by atoms with Crippen LogP contribution < -0.4 is 10.2 Å². The Balaban J connectivity index is 1.63. The van der Waals surface area contributed by atoms with E-state index in [0.717, 1.165) is 28.7 Å². The van der Waals surface area contributed by atoms with Crippen LogP contribution in [0.5, 0.6) is 0 Å². The number of nitrogens with zero attached hydrogens (tertiary/aromatic N) is 3. The van der Waals surface area contributed by atoms with Crippen molar-refractivity contribution >= 4 is 34.2 Å². The predicted octanol–water partition coefficient (Wildman–Crippen LogP) is 1.82. The molecular weight excluding hydrogens is 308 g/mol. The van der Waals surface area contributed by atoms with Gasteiger partial charge in [-0.2, -0.15) is 0 Å². The van der Waals surface area contributed by atoms with Crippen molar-refractivity contribution in [3.05, 3.63) is 0 Å². The molecule has 2 aliphatic carbocycles. The number of thioether (sulfide) groups is 1. The van der Waals surface area contributed by atoms with Gasteiger partial charge in [-0.25, -0.2) is 0 Å². The smallest absolute Gasteiger partial charge is 0.323 e. The third kappa shape index (κ3) is 3.32. The van der Waals surface area contributed by atoms with Gasteiger partial charge in [-0.05, 0) is 32.1 Å². The molecule has 8 heteroatoms. The summed E-state index contributed by atoms with van der Waals surface area (Å²) in [6.45, 7) is 0. The Hall–Kier alpha value is -0.860. The number of nitrogens with one attached hydrogen (secondary N) is 1. The lowest BCUT2D eigenvalue weighted by atomic mass is 9.98. The van der Waals surface area contributed by atoms with Crippen LogP contribution in [0.3, 0.4) is 0 Å². The molecule has 2 saturated carbocycles. The standard InChI is InChI=1S/C13H20N4O2S2/c1-17(2)11-15-16-12(21-11)20-9-5-6-13(7-9,10(18)19)14-8-3-4-8/h8-9,14H,3-7H2,1-2H3,(H,18,19). The molecule has 2 aliphatic rings. The highest BCUT2D eigenvalue weighted by Gasteiger charge is 2.48. The summed E-state index contributed by atoms with van der Waals surface area (Å²) in [5.74, 6) is -0.705. The second-order valence-electron chi connectivity index (χ2n) is 6.03. The lowest BCUT2D eigenvalue weighted by Gasteiger charge is -2.25. The molecule has 2 N–H and O–H groups in total. The van der Waals surface area contributed by atoms with E-state index in [2.05, 4.69) is 15.5 Å². The minimum absolute atomic E-state index is 0.301. The van der Waals surface area contributed by atoms with Gasteiger partial charge in [0.05, 0.1) is 0 Å². The molecule has 2 fully saturated rings. The maximum Gasteiger partial charge on any atom is 0.323 e. The highest BCUT2D eigenvalue weighted by atomic mass is 32.2. The maximum absolute atomic E-state index is 11.7. The van der Waals surface area contributed by atoms with Crippen LogP contribution in [0, 0.1) is 0 Å². The van der Waals surface area contributed by atoms with Crippen molar-refractivity contribution in [3.63, 3.8) is 0 Å². The molecule has 2 unspecified atom stereocenters. The van der Waals surface area contributed by atoms with Gasteiger partial charge in [-0.3, -0.25) is 10.1 Å². The zero-order chi connectivity index (χ0) is 15.0. The number of rotatable bonds is 6. The molecule has 2 atom stereocenters. The van der Waals surface area contributed by atoms with E-state index >= 15 is 0 Å². The summed E-state index contributed by atoms with van der Waals surface area (Å²) >= 11 is 3.23. The van der Waals surface area contributed by atoms with E-state index in [1.165, 1.54) is 0 Å². The average molecular weight is 328 g/mol. The number of aromatic nitrogens is 2. The van der Waals surface area contributed by atoms with Crippen LogP contribution in [-0.2, 0) is 4.79 Å². The normalized spacial score (nSPS) is 28.8. The Morgan fingerprint density at radius 2 is 2.19 bits per heavy atom. The molecule has 0 spiro atoms. The number of hydrogen-bond acceptors (Lipinski definition) is 7. The van der Waals surface area contributed by atoms with Gasteiger partial charge in [-0.1, -0.05) is 23.1 Å². The van der Waals surface area contributed by atoms with E-state index in [4.69, 9.17) is 0 Å². The highest BCUT2D eigenvalue weighted by Crippen LogP contribution is 2.43. The Morgan fingerprint density at radius 1 is 1.43 bits per heavy atom. The molecule has 1 aromatic rings. The first-order chi connectivity index (χ1) is 9.98. The molecule has 0 aromatic carbocycles. The SMILES string of the molecule is CN(C)c1nnc(SC2CCC(NC3CC3)(C(=O)O)C2)s1. The van der Waals surface area contributed by atoms with Crippen LogP contribution in [0.25, 0.3) is 0 Å². The number of anilines is 1. The lowest BCUT2D eigenvalue weighted by molar-refractivity contribution is -0.144. The van der Waals surface area contributed by atoms with Crippen molar-refractivity contribution in [2.45, 2.75) is 53.3 Å². The van der Waals surface area contributed by atoms with Gasteiger partial charge in [0.15, 0.2) is 4.34 Å². The van der Waals surface area contributed by atoms with E-state index < -0.39 is 11.5 Å². The average Bonchev–Trinajstić information content (AvgIpc) is 2.95. The molecule has 1 aromatic heterocycles. The van der Waals surface area contributed by atoms with Crippen LogP contribution in [0.1, 0.15) is 32.1 Å². The summed E-state index contributed by atoms with van der Waals surface area (Å²) in [6.07, 6.45) is 4.49. The van der Waals surface area contributed by atoms with Crippen molar-refractivity contribution in [1.29, 1.82) is 0 Å². The Morgan fingerprint density at radius 3 is 2.76 bits per heavy atom. The second kappa shape index (κ2) is 5.73. The summed E-state index contributed by atoms with van der Waals surface area (Å²) in [4.78, 5) is 13.6. The first-order valence-electron chi connectivity index (χ1n) is 7.17. The van der Waals surface area contributed by atoms with E-state index in [0.29, 0.717) is 24.1 Å². The molecule has 0 amide bonds. The van der Waals surface area contributed by atoms with Crippen molar-refractivity contribution < 1.29 is 9.90 Å². The van der Waals surface area contributed by atoms with Gasteiger partial charge < -0.3 is 10.0 Å². The molecule has 116 valence electrons.